The highest BCUT2D eigenvalue weighted by molar-refractivity contribution is 5.86. The highest BCUT2D eigenvalue weighted by atomic mass is 19.3. The van der Waals surface area contributed by atoms with E-state index in [1.807, 2.05) is 42.5 Å². The number of H-pyrrole nitrogens is 2. The quantitative estimate of drug-likeness (QED) is 0.181. The average Bonchev–Trinajstić information content (AvgIpc) is 3.68. The number of imidazole rings is 2. The van der Waals surface area contributed by atoms with Crippen LogP contribution in [0, 0.1) is 11.3 Å². The molecule has 4 heterocycles. The maximum atomic E-state index is 16.1. The topological polar surface area (TPSA) is 81.4 Å². The number of nitrogens with zero attached hydrogens (tertiary/aromatic N) is 2. The summed E-state index contributed by atoms with van der Waals surface area (Å²) in [5.41, 5.74) is 6.79. The van der Waals surface area contributed by atoms with Gasteiger partial charge in [-0.15, -0.1) is 0 Å². The molecular formula is C35H32F2N6. The Balaban J connectivity index is 0.956. The van der Waals surface area contributed by atoms with Crippen molar-refractivity contribution in [1.82, 2.24) is 30.6 Å². The molecule has 1 spiro atoms. The lowest BCUT2D eigenvalue weighted by atomic mass is 9.98. The number of rotatable bonds is 4. The van der Waals surface area contributed by atoms with Gasteiger partial charge in [-0.1, -0.05) is 30.3 Å². The molecule has 8 heteroatoms. The van der Waals surface area contributed by atoms with Crippen molar-refractivity contribution in [2.45, 2.75) is 62.6 Å². The molecule has 3 aliphatic carbocycles. The Kier molecular flexibility index (Phi) is 4.79. The first-order valence-electron chi connectivity index (χ1n) is 15.6. The van der Waals surface area contributed by atoms with Crippen molar-refractivity contribution in [1.29, 1.82) is 0 Å². The molecular weight excluding hydrogens is 542 g/mol. The third kappa shape index (κ3) is 3.63. The largest absolute Gasteiger partial charge is 0.341 e. The van der Waals surface area contributed by atoms with Crippen LogP contribution in [0.2, 0.25) is 0 Å². The normalized spacial score (nSPS) is 27.3. The van der Waals surface area contributed by atoms with Gasteiger partial charge in [0.05, 0.1) is 35.0 Å². The number of aromatic nitrogens is 4. The molecule has 10 rings (SSSR count). The molecule has 0 unspecified atom stereocenters. The fraction of sp³-hybridized carbons (Fsp3) is 0.371. The molecule has 4 N–H and O–H groups in total. The molecule has 216 valence electrons. The third-order valence-corrected chi connectivity index (χ3v) is 11.0. The van der Waals surface area contributed by atoms with Crippen molar-refractivity contribution in [3.05, 3.63) is 83.6 Å². The number of alkyl halides is 2. The van der Waals surface area contributed by atoms with Gasteiger partial charge >= 0.3 is 0 Å². The monoisotopic (exact) mass is 574 g/mol. The minimum Gasteiger partial charge on any atom is -0.341 e. The fourth-order valence-electron chi connectivity index (χ4n) is 8.42. The summed E-state index contributed by atoms with van der Waals surface area (Å²) in [6, 6.07) is 18.0. The van der Waals surface area contributed by atoms with Crippen molar-refractivity contribution in [3.8, 4) is 33.5 Å². The van der Waals surface area contributed by atoms with E-state index in [0.717, 1.165) is 58.0 Å². The molecule has 2 bridgehead atoms. The number of hydrogen-bond donors (Lipinski definition) is 4. The van der Waals surface area contributed by atoms with Crippen LogP contribution >= 0.6 is 0 Å². The first-order valence-corrected chi connectivity index (χ1v) is 15.6. The summed E-state index contributed by atoms with van der Waals surface area (Å²) in [4.78, 5) is 16.4. The first kappa shape index (κ1) is 24.6. The lowest BCUT2D eigenvalue weighted by Gasteiger charge is -2.20. The number of fused-ring (bicyclic) bond motifs is 6. The second-order valence-electron chi connectivity index (χ2n) is 13.7. The van der Waals surface area contributed by atoms with Crippen LogP contribution in [0.3, 0.4) is 0 Å². The molecule has 0 amide bonds. The Morgan fingerprint density at radius 3 is 2.33 bits per heavy atom. The van der Waals surface area contributed by atoms with Crippen LogP contribution in [-0.2, 0) is 5.92 Å². The maximum absolute atomic E-state index is 16.1. The Morgan fingerprint density at radius 1 is 0.814 bits per heavy atom. The molecule has 6 nitrogen and oxygen atoms in total. The van der Waals surface area contributed by atoms with Crippen molar-refractivity contribution in [2.24, 2.45) is 11.3 Å². The van der Waals surface area contributed by atoms with Gasteiger partial charge in [-0.05, 0) is 96.4 Å². The van der Waals surface area contributed by atoms with Crippen molar-refractivity contribution >= 4 is 11.0 Å². The summed E-state index contributed by atoms with van der Waals surface area (Å²) >= 11 is 0. The molecule has 4 atom stereocenters. The first-order chi connectivity index (χ1) is 20.9. The van der Waals surface area contributed by atoms with Crippen LogP contribution < -0.4 is 10.6 Å². The zero-order valence-corrected chi connectivity index (χ0v) is 23.7. The van der Waals surface area contributed by atoms with Crippen LogP contribution in [0.4, 0.5) is 8.78 Å². The van der Waals surface area contributed by atoms with Crippen LogP contribution in [0.1, 0.15) is 73.4 Å². The molecule has 2 aromatic heterocycles. The van der Waals surface area contributed by atoms with Crippen molar-refractivity contribution < 1.29 is 8.78 Å². The van der Waals surface area contributed by atoms with Crippen LogP contribution in [0.5, 0.6) is 0 Å². The van der Waals surface area contributed by atoms with Crippen LogP contribution in [0.15, 0.2) is 60.8 Å². The van der Waals surface area contributed by atoms with Gasteiger partial charge in [0.15, 0.2) is 0 Å². The van der Waals surface area contributed by atoms with E-state index >= 15 is 8.78 Å². The lowest BCUT2D eigenvalue weighted by molar-refractivity contribution is 0.0481. The molecule has 0 radical (unpaired) electrons. The van der Waals surface area contributed by atoms with Gasteiger partial charge in [0.25, 0.3) is 5.92 Å². The van der Waals surface area contributed by atoms with E-state index in [2.05, 4.69) is 25.6 Å². The van der Waals surface area contributed by atoms with Gasteiger partial charge in [0.1, 0.15) is 11.6 Å². The van der Waals surface area contributed by atoms with E-state index in [1.54, 1.807) is 18.3 Å². The van der Waals surface area contributed by atoms with Crippen LogP contribution in [0.25, 0.3) is 44.5 Å². The zero-order valence-electron chi connectivity index (χ0n) is 23.7. The summed E-state index contributed by atoms with van der Waals surface area (Å²) in [6.07, 6.45) is 9.16. The number of halogens is 2. The molecule has 5 aliphatic rings. The van der Waals surface area contributed by atoms with E-state index in [9.17, 15) is 0 Å². The van der Waals surface area contributed by atoms with Gasteiger partial charge in [-0.2, -0.15) is 8.78 Å². The summed E-state index contributed by atoms with van der Waals surface area (Å²) in [5.74, 6) is -0.571. The second kappa shape index (κ2) is 8.39. The van der Waals surface area contributed by atoms with E-state index in [0.29, 0.717) is 28.5 Å². The summed E-state index contributed by atoms with van der Waals surface area (Å²) in [6.45, 7) is 1.04. The molecule has 2 saturated heterocycles. The average molecular weight is 575 g/mol. The molecule has 4 fully saturated rings. The van der Waals surface area contributed by atoms with Gasteiger partial charge in [0, 0.05) is 29.3 Å². The number of hydrogen-bond acceptors (Lipinski definition) is 4. The fourth-order valence-corrected chi connectivity index (χ4v) is 8.42. The minimum absolute atomic E-state index is 0.0521. The Bertz CT molecular complexity index is 1950. The van der Waals surface area contributed by atoms with Crippen molar-refractivity contribution in [2.75, 3.05) is 6.54 Å². The molecule has 2 aliphatic heterocycles. The summed E-state index contributed by atoms with van der Waals surface area (Å²) < 4.78 is 32.2. The summed E-state index contributed by atoms with van der Waals surface area (Å²) in [5, 5.41) is 7.29. The van der Waals surface area contributed by atoms with Gasteiger partial charge < -0.3 is 20.6 Å². The molecule has 5 aromatic rings. The second-order valence-corrected chi connectivity index (χ2v) is 13.7. The predicted octanol–water partition coefficient (Wildman–Crippen LogP) is 7.37. The molecule has 2 saturated carbocycles. The van der Waals surface area contributed by atoms with E-state index in [1.165, 1.54) is 32.1 Å². The lowest BCUT2D eigenvalue weighted by Crippen LogP contribution is -2.29. The Morgan fingerprint density at radius 2 is 1.58 bits per heavy atom. The highest BCUT2D eigenvalue weighted by Crippen LogP contribution is 2.55. The zero-order chi connectivity index (χ0) is 28.5. The summed E-state index contributed by atoms with van der Waals surface area (Å²) in [7, 11) is 0. The van der Waals surface area contributed by atoms with Gasteiger partial charge in [-0.3, -0.25) is 0 Å². The maximum Gasteiger partial charge on any atom is 0.299 e. The van der Waals surface area contributed by atoms with E-state index in [-0.39, 0.29) is 23.2 Å². The number of benzene rings is 3. The smallest absolute Gasteiger partial charge is 0.299 e. The highest BCUT2D eigenvalue weighted by Gasteiger charge is 2.49. The van der Waals surface area contributed by atoms with E-state index < -0.39 is 5.92 Å². The predicted molar refractivity (Wildman–Crippen MR) is 162 cm³/mol. The third-order valence-electron chi connectivity index (χ3n) is 11.0. The van der Waals surface area contributed by atoms with Crippen molar-refractivity contribution in [3.63, 3.8) is 0 Å². The Labute approximate surface area is 247 Å². The minimum atomic E-state index is -3.09. The molecule has 3 aromatic carbocycles. The Hall–Kier alpha value is -3.88. The van der Waals surface area contributed by atoms with Gasteiger partial charge in [-0.25, -0.2) is 9.97 Å². The van der Waals surface area contributed by atoms with Gasteiger partial charge in [0.2, 0.25) is 0 Å². The SMILES string of the molecule is FC1(F)c2cc(-c3ccc4nc([C@@H]5N[C@@H]6CC[C@H]5C6)[nH]c4c3)ccc2-c2ccc(-c3cnc([C@@H]4CC5(CC5)CN4)[nH]3)cc21. The standard InChI is InChI=1S/C35H32F2N6/c36-35(37)25-12-18(19-4-8-27-28(14-19)42-33(41-27)31-21-1-5-22(11-21)40-31)2-6-23(25)24-7-3-20(13-26(24)35)30-16-38-32(43-30)29-15-34(9-10-34)17-39-29/h2-4,6-8,12-14,16,21-22,29,31,39-40H,1,5,9-11,15,17H2,(H,38,43)(H,41,42)/t21-,22+,29-,31+/m0/s1. The number of piperidine rings is 1. The number of nitrogens with one attached hydrogen (secondary N) is 4. The molecule has 43 heavy (non-hydrogen) atoms. The number of aromatic amines is 2. The van der Waals surface area contributed by atoms with E-state index in [4.69, 9.17) is 4.98 Å². The van der Waals surface area contributed by atoms with Crippen LogP contribution in [-0.4, -0.2) is 32.5 Å².